The lowest BCUT2D eigenvalue weighted by Crippen LogP contribution is -2.46. The van der Waals surface area contributed by atoms with Crippen molar-refractivity contribution in [3.63, 3.8) is 0 Å². The van der Waals surface area contributed by atoms with Gasteiger partial charge in [-0.25, -0.2) is 0 Å². The van der Waals surface area contributed by atoms with Gasteiger partial charge in [-0.05, 0) is 65.6 Å². The van der Waals surface area contributed by atoms with Gasteiger partial charge in [0.15, 0.2) is 11.4 Å². The Morgan fingerprint density at radius 3 is 2.62 bits per heavy atom. The molecule has 9 nitrogen and oxygen atoms in total. The van der Waals surface area contributed by atoms with E-state index in [4.69, 9.17) is 16.3 Å². The molecule has 0 saturated heterocycles. The Bertz CT molecular complexity index is 1920. The first kappa shape index (κ1) is 32.2. The number of anilines is 1. The van der Waals surface area contributed by atoms with Gasteiger partial charge in [0.05, 0.1) is 32.0 Å². The van der Waals surface area contributed by atoms with E-state index in [-0.39, 0.29) is 42.8 Å². The Hall–Kier alpha value is -4.70. The van der Waals surface area contributed by atoms with Gasteiger partial charge >= 0.3 is 0 Å². The van der Waals surface area contributed by atoms with Crippen molar-refractivity contribution < 1.29 is 24.5 Å². The van der Waals surface area contributed by atoms with Crippen molar-refractivity contribution in [3.05, 3.63) is 135 Å². The zero-order valence-electron chi connectivity index (χ0n) is 26.2. The minimum absolute atomic E-state index is 0.0514. The van der Waals surface area contributed by atoms with E-state index in [1.54, 1.807) is 72.6 Å². The second kappa shape index (κ2) is 13.2. The van der Waals surface area contributed by atoms with Gasteiger partial charge in [-0.2, -0.15) is 0 Å². The summed E-state index contributed by atoms with van der Waals surface area (Å²) in [6, 6.07) is 23.2. The minimum atomic E-state index is -1.93. The molecule has 0 radical (unpaired) electrons. The molecule has 2 aliphatic heterocycles. The Kier molecular flexibility index (Phi) is 9.05. The number of carbonyl (C=O) groups excluding carboxylic acids is 2. The third-order valence-electron chi connectivity index (χ3n) is 9.16. The fourth-order valence-electron chi connectivity index (χ4n) is 6.57. The first-order valence-corrected chi connectivity index (χ1v) is 15.9. The number of aromatic nitrogens is 1. The molecular formula is C37H36ClN3O6. The zero-order chi connectivity index (χ0) is 33.3. The van der Waals surface area contributed by atoms with Crippen molar-refractivity contribution in [2.45, 2.75) is 44.5 Å². The summed E-state index contributed by atoms with van der Waals surface area (Å²) >= 11 is 6.36. The van der Waals surface area contributed by atoms with Crippen LogP contribution in [0.15, 0.2) is 102 Å². The van der Waals surface area contributed by atoms with Crippen LogP contribution in [0, 0.1) is 5.92 Å². The molecule has 1 aromatic heterocycles. The van der Waals surface area contributed by atoms with Crippen molar-refractivity contribution in [2.75, 3.05) is 18.6 Å². The smallest absolute Gasteiger partial charge is 0.297 e. The average Bonchev–Trinajstić information content (AvgIpc) is 3.29. The van der Waals surface area contributed by atoms with Crippen LogP contribution in [0.3, 0.4) is 0 Å². The topological polar surface area (TPSA) is 112 Å². The molecule has 2 aliphatic rings. The second-order valence-electron chi connectivity index (χ2n) is 12.0. The summed E-state index contributed by atoms with van der Waals surface area (Å²) in [5, 5.41) is 22.5. The number of nitrogens with zero attached hydrogens (tertiary/aromatic N) is 3. The number of aliphatic hydroxyl groups is 2. The minimum Gasteiger partial charge on any atom is -0.491 e. The van der Waals surface area contributed by atoms with Crippen LogP contribution in [-0.4, -0.2) is 51.3 Å². The van der Waals surface area contributed by atoms with Gasteiger partial charge in [-0.1, -0.05) is 67.1 Å². The van der Waals surface area contributed by atoms with Crippen LogP contribution >= 0.6 is 11.6 Å². The normalized spacial score (nSPS) is 19.5. The highest BCUT2D eigenvalue weighted by Gasteiger charge is 2.52. The number of benzene rings is 3. The fourth-order valence-corrected chi connectivity index (χ4v) is 6.74. The fraction of sp³-hybridized carbons (Fsp3) is 0.270. The number of ether oxygens (including phenoxy) is 1. The first-order chi connectivity index (χ1) is 22.6. The molecule has 0 bridgehead atoms. The predicted octanol–water partition coefficient (Wildman–Crippen LogP) is 4.76. The molecule has 2 amide bonds. The molecule has 6 rings (SSSR count). The number of hydrogen-bond acceptors (Lipinski definition) is 6. The Morgan fingerprint density at radius 1 is 1.06 bits per heavy atom. The van der Waals surface area contributed by atoms with E-state index in [1.807, 2.05) is 36.4 Å². The lowest BCUT2D eigenvalue weighted by atomic mass is 9.83. The third kappa shape index (κ3) is 5.98. The first-order valence-electron chi connectivity index (χ1n) is 15.5. The Balaban J connectivity index is 1.22. The number of amides is 2. The summed E-state index contributed by atoms with van der Waals surface area (Å²) in [7, 11) is 1.44. The van der Waals surface area contributed by atoms with Gasteiger partial charge in [0, 0.05) is 41.4 Å². The Morgan fingerprint density at radius 2 is 1.85 bits per heavy atom. The lowest BCUT2D eigenvalue weighted by molar-refractivity contribution is -0.139. The number of methoxy groups -OCH3 is 1. The molecule has 0 spiro atoms. The monoisotopic (exact) mass is 653 g/mol. The molecule has 3 atom stereocenters. The summed E-state index contributed by atoms with van der Waals surface area (Å²) in [4.78, 5) is 43.5. The summed E-state index contributed by atoms with van der Waals surface area (Å²) in [5.41, 5.74) is 2.20. The molecule has 10 heteroatoms. The number of fused-ring (bicyclic) bond motifs is 2. The van der Waals surface area contributed by atoms with E-state index < -0.39 is 17.4 Å². The van der Waals surface area contributed by atoms with Crippen molar-refractivity contribution in [1.82, 2.24) is 9.47 Å². The van der Waals surface area contributed by atoms with Crippen LogP contribution in [0.4, 0.5) is 5.69 Å². The van der Waals surface area contributed by atoms with Crippen LogP contribution < -0.4 is 15.2 Å². The standard InChI is InChI=1S/C37H36ClN3O6/c1-24(8-5-14-34(43)40-22-27-11-4-3-10-26(27)19-30(40)23-42)37(46)31-20-28(38)15-16-32(31)41(36(37)45)21-25-9-6-12-29(18-25)39-17-7-13-33(47-2)35(39)44/h3-13,15-18,20,24,30,42,46H,14,19,21-23H2,1-2H3/b8-5+/t24-,30-,37+/m0/s1. The summed E-state index contributed by atoms with van der Waals surface area (Å²) in [6.07, 6.45) is 5.64. The maximum atomic E-state index is 14.1. The maximum absolute atomic E-state index is 14.1. The predicted molar refractivity (Wildman–Crippen MR) is 180 cm³/mol. The van der Waals surface area contributed by atoms with Crippen LogP contribution in [0.2, 0.25) is 5.02 Å². The van der Waals surface area contributed by atoms with Crippen LogP contribution in [0.5, 0.6) is 5.75 Å². The SMILES string of the molecule is COc1cccn(-c2cccc(CN3C(=O)[C@@](O)([C@@H](C)/C=C/CC(=O)N4Cc5ccccc5C[C@H]4CO)c4cc(Cl)ccc43)c2)c1=O. The molecule has 0 aliphatic carbocycles. The van der Waals surface area contributed by atoms with E-state index in [0.717, 1.165) is 16.7 Å². The van der Waals surface area contributed by atoms with E-state index in [9.17, 15) is 24.6 Å². The number of carbonyl (C=O) groups is 2. The van der Waals surface area contributed by atoms with E-state index in [0.29, 0.717) is 34.9 Å². The summed E-state index contributed by atoms with van der Waals surface area (Å²) in [5.74, 6) is -1.16. The van der Waals surface area contributed by atoms with E-state index in [1.165, 1.54) is 16.6 Å². The lowest BCUT2D eigenvalue weighted by Gasteiger charge is -2.36. The highest BCUT2D eigenvalue weighted by Crippen LogP contribution is 2.46. The summed E-state index contributed by atoms with van der Waals surface area (Å²) in [6.45, 7) is 2.15. The van der Waals surface area contributed by atoms with Gasteiger partial charge in [0.25, 0.3) is 11.5 Å². The molecule has 4 aromatic rings. The highest BCUT2D eigenvalue weighted by molar-refractivity contribution is 6.31. The van der Waals surface area contributed by atoms with Crippen molar-refractivity contribution in [2.24, 2.45) is 5.92 Å². The quantitative estimate of drug-likeness (QED) is 0.252. The van der Waals surface area contributed by atoms with E-state index in [2.05, 4.69) is 0 Å². The van der Waals surface area contributed by atoms with Crippen LogP contribution in [0.25, 0.3) is 5.69 Å². The van der Waals surface area contributed by atoms with Gasteiger partial charge in [-0.3, -0.25) is 19.0 Å². The highest BCUT2D eigenvalue weighted by atomic mass is 35.5. The van der Waals surface area contributed by atoms with Crippen LogP contribution in [0.1, 0.15) is 35.6 Å². The van der Waals surface area contributed by atoms with Gasteiger partial charge in [0.1, 0.15) is 0 Å². The second-order valence-corrected chi connectivity index (χ2v) is 12.4. The third-order valence-corrected chi connectivity index (χ3v) is 9.39. The van der Waals surface area contributed by atoms with E-state index >= 15 is 0 Å². The molecule has 0 unspecified atom stereocenters. The van der Waals surface area contributed by atoms with Gasteiger partial charge < -0.3 is 24.7 Å². The molecule has 242 valence electrons. The molecule has 47 heavy (non-hydrogen) atoms. The molecular weight excluding hydrogens is 618 g/mol. The molecule has 3 aromatic carbocycles. The molecule has 2 N–H and O–H groups in total. The number of aliphatic hydroxyl groups excluding tert-OH is 1. The number of rotatable bonds is 9. The van der Waals surface area contributed by atoms with Crippen molar-refractivity contribution in [3.8, 4) is 11.4 Å². The number of halogens is 1. The number of pyridine rings is 1. The largest absolute Gasteiger partial charge is 0.491 e. The van der Waals surface area contributed by atoms with Crippen molar-refractivity contribution in [1.29, 1.82) is 0 Å². The molecule has 0 fully saturated rings. The molecule has 3 heterocycles. The van der Waals surface area contributed by atoms with Gasteiger partial charge in [0.2, 0.25) is 5.91 Å². The Labute approximate surface area is 277 Å². The van der Waals surface area contributed by atoms with Crippen molar-refractivity contribution >= 4 is 29.1 Å². The summed E-state index contributed by atoms with van der Waals surface area (Å²) < 4.78 is 6.66. The zero-order valence-corrected chi connectivity index (χ0v) is 26.9. The molecule has 0 saturated carbocycles. The van der Waals surface area contributed by atoms with Crippen LogP contribution in [-0.2, 0) is 34.7 Å². The average molecular weight is 654 g/mol. The maximum Gasteiger partial charge on any atom is 0.297 e. The van der Waals surface area contributed by atoms with Gasteiger partial charge in [-0.15, -0.1) is 0 Å². The number of hydrogen-bond donors (Lipinski definition) is 2.